The van der Waals surface area contributed by atoms with Crippen molar-refractivity contribution in [3.05, 3.63) is 42.5 Å². The number of para-hydroxylation sites is 1. The summed E-state index contributed by atoms with van der Waals surface area (Å²) in [6.07, 6.45) is 0.719. The Balaban J connectivity index is 1.54. The number of amides is 1. The van der Waals surface area contributed by atoms with Crippen LogP contribution in [0.15, 0.2) is 47.4 Å². The number of aromatic nitrogens is 1. The van der Waals surface area contributed by atoms with E-state index in [1.165, 1.54) is 23.5 Å². The molecule has 0 fully saturated rings. The third-order valence-electron chi connectivity index (χ3n) is 4.78. The highest BCUT2D eigenvalue weighted by Gasteiger charge is 2.30. The van der Waals surface area contributed by atoms with Gasteiger partial charge < -0.3 is 14.8 Å². The molecule has 10 heteroatoms. The molecule has 8 nitrogen and oxygen atoms in total. The highest BCUT2D eigenvalue weighted by Crippen LogP contribution is 2.32. The summed E-state index contributed by atoms with van der Waals surface area (Å²) in [6, 6.07) is 11.0. The van der Waals surface area contributed by atoms with Crippen molar-refractivity contribution >= 4 is 42.6 Å². The molecule has 31 heavy (non-hydrogen) atoms. The Morgan fingerprint density at radius 3 is 2.58 bits per heavy atom. The molecule has 0 saturated heterocycles. The minimum Gasteiger partial charge on any atom is -0.490 e. The van der Waals surface area contributed by atoms with Gasteiger partial charge in [0.25, 0.3) is 0 Å². The molecule has 1 aromatic heterocycles. The van der Waals surface area contributed by atoms with Gasteiger partial charge in [-0.2, -0.15) is 4.72 Å². The van der Waals surface area contributed by atoms with Crippen LogP contribution in [0.25, 0.3) is 10.2 Å². The van der Waals surface area contributed by atoms with Crippen LogP contribution in [-0.2, 0) is 14.8 Å². The molecular formula is C21H23N3O5S2. The van der Waals surface area contributed by atoms with Crippen molar-refractivity contribution in [2.75, 3.05) is 18.5 Å². The molecule has 0 spiro atoms. The molecule has 4 rings (SSSR count). The van der Waals surface area contributed by atoms with E-state index in [4.69, 9.17) is 9.47 Å². The number of anilines is 1. The summed E-state index contributed by atoms with van der Waals surface area (Å²) in [7, 11) is -3.98. The fraction of sp³-hybridized carbons (Fsp3) is 0.333. The summed E-state index contributed by atoms with van der Waals surface area (Å²) in [5, 5.41) is 3.16. The van der Waals surface area contributed by atoms with Gasteiger partial charge in [0.05, 0.1) is 28.3 Å². The monoisotopic (exact) mass is 461 g/mol. The van der Waals surface area contributed by atoms with Crippen molar-refractivity contribution in [3.63, 3.8) is 0 Å². The van der Waals surface area contributed by atoms with Gasteiger partial charge in [0.2, 0.25) is 15.9 Å². The standard InChI is InChI=1S/C21H23N3O5S2/c1-13(2)19(20(25)23-21-22-15-6-3-4-7-18(15)30-21)24-31(26,27)14-8-9-16-17(12-14)29-11-5-10-28-16/h3-4,6-9,12-13,19,24H,5,10-11H2,1-2H3,(H,22,23,25)/t19-/m1/s1. The lowest BCUT2D eigenvalue weighted by molar-refractivity contribution is -0.118. The van der Waals surface area contributed by atoms with Gasteiger partial charge in [-0.1, -0.05) is 37.3 Å². The smallest absolute Gasteiger partial charge is 0.244 e. The van der Waals surface area contributed by atoms with Crippen LogP contribution < -0.4 is 19.5 Å². The zero-order valence-corrected chi connectivity index (χ0v) is 18.8. The molecular weight excluding hydrogens is 438 g/mol. The molecule has 1 atom stereocenters. The first-order valence-electron chi connectivity index (χ1n) is 9.92. The number of benzene rings is 2. The second kappa shape index (κ2) is 8.81. The molecule has 1 aliphatic heterocycles. The van der Waals surface area contributed by atoms with E-state index < -0.39 is 22.0 Å². The van der Waals surface area contributed by atoms with E-state index in [-0.39, 0.29) is 10.8 Å². The number of hydrogen-bond donors (Lipinski definition) is 2. The van der Waals surface area contributed by atoms with Crippen molar-refractivity contribution in [1.82, 2.24) is 9.71 Å². The van der Waals surface area contributed by atoms with Crippen molar-refractivity contribution in [1.29, 1.82) is 0 Å². The third kappa shape index (κ3) is 4.81. The van der Waals surface area contributed by atoms with E-state index in [1.54, 1.807) is 19.9 Å². The van der Waals surface area contributed by atoms with Gasteiger partial charge >= 0.3 is 0 Å². The fourth-order valence-electron chi connectivity index (χ4n) is 3.15. The van der Waals surface area contributed by atoms with Crippen molar-refractivity contribution in [3.8, 4) is 11.5 Å². The van der Waals surface area contributed by atoms with Crippen LogP contribution in [0.1, 0.15) is 20.3 Å². The Labute approximate surface area is 184 Å². The van der Waals surface area contributed by atoms with E-state index in [9.17, 15) is 13.2 Å². The maximum Gasteiger partial charge on any atom is 0.244 e. The van der Waals surface area contributed by atoms with Gasteiger partial charge in [0, 0.05) is 12.5 Å². The molecule has 0 saturated carbocycles. The summed E-state index contributed by atoms with van der Waals surface area (Å²) in [5.74, 6) is 0.127. The molecule has 3 aromatic rings. The van der Waals surface area contributed by atoms with Crippen molar-refractivity contribution in [2.45, 2.75) is 31.2 Å². The lowest BCUT2D eigenvalue weighted by Gasteiger charge is -2.21. The lowest BCUT2D eigenvalue weighted by Crippen LogP contribution is -2.47. The van der Waals surface area contributed by atoms with Crippen LogP contribution in [0.5, 0.6) is 11.5 Å². The van der Waals surface area contributed by atoms with Crippen LogP contribution in [0, 0.1) is 5.92 Å². The number of hydrogen-bond acceptors (Lipinski definition) is 7. The molecule has 0 unspecified atom stereocenters. The van der Waals surface area contributed by atoms with E-state index in [0.29, 0.717) is 29.8 Å². The van der Waals surface area contributed by atoms with E-state index >= 15 is 0 Å². The average molecular weight is 462 g/mol. The first-order valence-corrected chi connectivity index (χ1v) is 12.2. The average Bonchev–Trinajstić information content (AvgIpc) is 2.98. The van der Waals surface area contributed by atoms with Crippen LogP contribution in [0.2, 0.25) is 0 Å². The molecule has 164 valence electrons. The summed E-state index contributed by atoms with van der Waals surface area (Å²) < 4.78 is 40.6. The molecule has 0 aliphatic carbocycles. The topological polar surface area (TPSA) is 107 Å². The Hall–Kier alpha value is -2.69. The number of nitrogens with one attached hydrogen (secondary N) is 2. The van der Waals surface area contributed by atoms with Crippen LogP contribution in [-0.4, -0.2) is 38.6 Å². The minimum absolute atomic E-state index is 0.00943. The van der Waals surface area contributed by atoms with Gasteiger partial charge in [-0.15, -0.1) is 0 Å². The second-order valence-electron chi connectivity index (χ2n) is 7.48. The molecule has 0 radical (unpaired) electrons. The number of nitrogens with zero attached hydrogens (tertiary/aromatic N) is 1. The molecule has 2 aromatic carbocycles. The van der Waals surface area contributed by atoms with Gasteiger partial charge in [-0.3, -0.25) is 4.79 Å². The molecule has 2 heterocycles. The Bertz CT molecular complexity index is 1170. The van der Waals surface area contributed by atoms with E-state index in [1.807, 2.05) is 24.3 Å². The number of sulfonamides is 1. The normalized spacial score (nSPS) is 14.9. The maximum atomic E-state index is 13.0. The molecule has 1 aliphatic rings. The SMILES string of the molecule is CC(C)[C@@H](NS(=O)(=O)c1ccc2c(c1)OCCCO2)C(=O)Nc1nc2ccccc2s1. The zero-order valence-electron chi connectivity index (χ0n) is 17.1. The van der Waals surface area contributed by atoms with E-state index in [0.717, 1.165) is 16.6 Å². The first kappa shape index (κ1) is 21.5. The van der Waals surface area contributed by atoms with Gasteiger partial charge in [-0.25, -0.2) is 13.4 Å². The molecule has 0 bridgehead atoms. The Morgan fingerprint density at radius 1 is 1.10 bits per heavy atom. The van der Waals surface area contributed by atoms with Crippen molar-refractivity contribution in [2.24, 2.45) is 5.92 Å². The summed E-state index contributed by atoms with van der Waals surface area (Å²) in [4.78, 5) is 17.3. The third-order valence-corrected chi connectivity index (χ3v) is 7.18. The number of fused-ring (bicyclic) bond motifs is 2. The van der Waals surface area contributed by atoms with Crippen LogP contribution in [0.3, 0.4) is 0 Å². The predicted octanol–water partition coefficient (Wildman–Crippen LogP) is 3.40. The Morgan fingerprint density at radius 2 is 1.84 bits per heavy atom. The largest absolute Gasteiger partial charge is 0.490 e. The summed E-state index contributed by atoms with van der Waals surface area (Å²) >= 11 is 1.34. The summed E-state index contributed by atoms with van der Waals surface area (Å²) in [6.45, 7) is 4.51. The summed E-state index contributed by atoms with van der Waals surface area (Å²) in [5.41, 5.74) is 0.775. The zero-order chi connectivity index (χ0) is 22.0. The minimum atomic E-state index is -3.98. The number of rotatable bonds is 6. The second-order valence-corrected chi connectivity index (χ2v) is 10.2. The van der Waals surface area contributed by atoms with Gasteiger partial charge in [0.1, 0.15) is 6.04 Å². The lowest BCUT2D eigenvalue weighted by atomic mass is 10.1. The molecule has 2 N–H and O–H groups in total. The number of thiazole rings is 1. The highest BCUT2D eigenvalue weighted by atomic mass is 32.2. The molecule has 1 amide bonds. The van der Waals surface area contributed by atoms with Crippen LogP contribution >= 0.6 is 11.3 Å². The number of ether oxygens (including phenoxy) is 2. The van der Waals surface area contributed by atoms with E-state index in [2.05, 4.69) is 15.0 Å². The predicted molar refractivity (Wildman–Crippen MR) is 119 cm³/mol. The van der Waals surface area contributed by atoms with Gasteiger partial charge in [0.15, 0.2) is 16.6 Å². The van der Waals surface area contributed by atoms with Crippen molar-refractivity contribution < 1.29 is 22.7 Å². The van der Waals surface area contributed by atoms with Gasteiger partial charge in [-0.05, 0) is 30.2 Å². The first-order chi connectivity index (χ1) is 14.8. The maximum absolute atomic E-state index is 13.0. The fourth-order valence-corrected chi connectivity index (χ4v) is 5.37. The Kier molecular flexibility index (Phi) is 6.12. The van der Waals surface area contributed by atoms with Crippen LogP contribution in [0.4, 0.5) is 5.13 Å². The highest BCUT2D eigenvalue weighted by molar-refractivity contribution is 7.89. The number of carbonyl (C=O) groups excluding carboxylic acids is 1. The number of carbonyl (C=O) groups is 1. The quantitative estimate of drug-likeness (QED) is 0.583.